The number of aromatic amines is 1. The first-order chi connectivity index (χ1) is 9.13. The Morgan fingerprint density at radius 3 is 2.79 bits per heavy atom. The van der Waals surface area contributed by atoms with Crippen molar-refractivity contribution < 1.29 is 13.5 Å². The molecule has 3 rings (SSSR count). The van der Waals surface area contributed by atoms with Crippen molar-refractivity contribution in [2.45, 2.75) is 0 Å². The number of nitrogens with two attached hydrogens (primary N) is 1. The molecular weight excluding hydrogens is 252 g/mol. The number of hydrogen-bond donors (Lipinski definition) is 2. The Morgan fingerprint density at radius 1 is 1.16 bits per heavy atom. The fraction of sp³-hybridized carbons (Fsp3) is 0. The van der Waals surface area contributed by atoms with Gasteiger partial charge >= 0.3 is 0 Å². The summed E-state index contributed by atoms with van der Waals surface area (Å²) in [5, 5.41) is 0.441. The van der Waals surface area contributed by atoms with E-state index in [0.717, 1.165) is 12.3 Å². The monoisotopic (exact) mass is 261 g/mol. The molecule has 0 aliphatic rings. The first-order valence-corrected chi connectivity index (χ1v) is 5.49. The molecule has 0 bridgehead atoms. The van der Waals surface area contributed by atoms with Crippen molar-refractivity contribution >= 4 is 16.7 Å². The van der Waals surface area contributed by atoms with Crippen LogP contribution in [0.15, 0.2) is 36.7 Å². The van der Waals surface area contributed by atoms with E-state index in [1.807, 2.05) is 0 Å². The average Bonchev–Trinajstić information content (AvgIpc) is 2.75. The maximum absolute atomic E-state index is 13.6. The molecule has 0 radical (unpaired) electrons. The molecule has 0 atom stereocenters. The molecule has 0 fully saturated rings. The third-order valence-corrected chi connectivity index (χ3v) is 2.64. The third kappa shape index (κ3) is 2.08. The number of aromatic nitrogens is 2. The zero-order chi connectivity index (χ0) is 13.4. The summed E-state index contributed by atoms with van der Waals surface area (Å²) >= 11 is 0. The van der Waals surface area contributed by atoms with Crippen molar-refractivity contribution in [1.29, 1.82) is 0 Å². The third-order valence-electron chi connectivity index (χ3n) is 2.64. The fourth-order valence-corrected chi connectivity index (χ4v) is 1.76. The Hall–Kier alpha value is -2.63. The Balaban J connectivity index is 2.03. The summed E-state index contributed by atoms with van der Waals surface area (Å²) in [6, 6.07) is 5.36. The van der Waals surface area contributed by atoms with E-state index in [1.54, 1.807) is 0 Å². The van der Waals surface area contributed by atoms with Gasteiger partial charge in [0, 0.05) is 18.0 Å². The minimum Gasteiger partial charge on any atom is -0.452 e. The molecule has 0 unspecified atom stereocenters. The zero-order valence-electron chi connectivity index (χ0n) is 9.65. The lowest BCUT2D eigenvalue weighted by Crippen LogP contribution is -1.91. The van der Waals surface area contributed by atoms with Crippen LogP contribution in [0.1, 0.15) is 0 Å². The Morgan fingerprint density at radius 2 is 2.00 bits per heavy atom. The average molecular weight is 261 g/mol. The second-order valence-electron chi connectivity index (χ2n) is 3.99. The van der Waals surface area contributed by atoms with E-state index in [1.165, 1.54) is 24.4 Å². The number of anilines is 1. The van der Waals surface area contributed by atoms with Crippen molar-refractivity contribution in [1.82, 2.24) is 9.97 Å². The van der Waals surface area contributed by atoms with Crippen LogP contribution in [0, 0.1) is 11.6 Å². The lowest BCUT2D eigenvalue weighted by atomic mass is 10.3. The number of nitrogens with zero attached hydrogens (tertiary/aromatic N) is 1. The standard InChI is InChI=1S/C13H9F2N3O/c14-7-3-9-12(6-18-13(9)17-5-7)19-11-2-1-8(16)4-10(11)15/h1-6H,16H2,(H,17,18). The normalized spacial score (nSPS) is 10.8. The van der Waals surface area contributed by atoms with Gasteiger partial charge < -0.3 is 15.5 Å². The van der Waals surface area contributed by atoms with Crippen LogP contribution in [-0.2, 0) is 0 Å². The van der Waals surface area contributed by atoms with Crippen LogP contribution in [-0.4, -0.2) is 9.97 Å². The van der Waals surface area contributed by atoms with Crippen LogP contribution in [0.3, 0.4) is 0 Å². The number of rotatable bonds is 2. The first-order valence-electron chi connectivity index (χ1n) is 5.49. The highest BCUT2D eigenvalue weighted by molar-refractivity contribution is 5.83. The molecule has 19 heavy (non-hydrogen) atoms. The van der Waals surface area contributed by atoms with E-state index in [-0.39, 0.29) is 5.75 Å². The largest absolute Gasteiger partial charge is 0.452 e. The van der Waals surface area contributed by atoms with Crippen molar-refractivity contribution in [2.24, 2.45) is 0 Å². The molecule has 3 N–H and O–H groups in total. The minimum absolute atomic E-state index is 0.0133. The summed E-state index contributed by atoms with van der Waals surface area (Å²) in [5.74, 6) is -0.765. The predicted octanol–water partition coefficient (Wildman–Crippen LogP) is 3.22. The summed E-state index contributed by atoms with van der Waals surface area (Å²) < 4.78 is 32.2. The minimum atomic E-state index is -0.585. The molecular formula is C13H9F2N3O. The van der Waals surface area contributed by atoms with Crippen molar-refractivity contribution in [3.05, 3.63) is 48.3 Å². The molecule has 2 heterocycles. The van der Waals surface area contributed by atoms with Crippen LogP contribution < -0.4 is 10.5 Å². The Kier molecular flexibility index (Phi) is 2.56. The summed E-state index contributed by atoms with van der Waals surface area (Å²) in [6.45, 7) is 0. The zero-order valence-corrected chi connectivity index (χ0v) is 9.65. The number of nitrogen functional groups attached to an aromatic ring is 1. The molecule has 0 saturated carbocycles. The molecule has 0 aliphatic carbocycles. The molecule has 96 valence electrons. The highest BCUT2D eigenvalue weighted by Crippen LogP contribution is 2.31. The van der Waals surface area contributed by atoms with Gasteiger partial charge in [-0.05, 0) is 18.2 Å². The van der Waals surface area contributed by atoms with Gasteiger partial charge in [0.05, 0.1) is 11.6 Å². The van der Waals surface area contributed by atoms with Gasteiger partial charge in [0.25, 0.3) is 0 Å². The molecule has 2 aromatic heterocycles. The molecule has 6 heteroatoms. The maximum Gasteiger partial charge on any atom is 0.167 e. The van der Waals surface area contributed by atoms with E-state index in [0.29, 0.717) is 22.5 Å². The second-order valence-corrected chi connectivity index (χ2v) is 3.99. The highest BCUT2D eigenvalue weighted by atomic mass is 19.1. The quantitative estimate of drug-likeness (QED) is 0.696. The number of pyridine rings is 1. The fourth-order valence-electron chi connectivity index (χ4n) is 1.76. The lowest BCUT2D eigenvalue weighted by molar-refractivity contribution is 0.446. The van der Waals surface area contributed by atoms with Gasteiger partial charge in [0.15, 0.2) is 17.3 Å². The van der Waals surface area contributed by atoms with Crippen molar-refractivity contribution in [3.63, 3.8) is 0 Å². The predicted molar refractivity (Wildman–Crippen MR) is 66.9 cm³/mol. The maximum atomic E-state index is 13.6. The van der Waals surface area contributed by atoms with E-state index in [2.05, 4.69) is 9.97 Å². The van der Waals surface area contributed by atoms with Crippen molar-refractivity contribution in [2.75, 3.05) is 5.73 Å². The van der Waals surface area contributed by atoms with Crippen LogP contribution in [0.5, 0.6) is 11.5 Å². The lowest BCUT2D eigenvalue weighted by Gasteiger charge is -2.05. The van der Waals surface area contributed by atoms with Gasteiger partial charge in [-0.2, -0.15) is 0 Å². The molecule has 0 saturated heterocycles. The molecule has 3 aromatic rings. The number of halogens is 2. The van der Waals surface area contributed by atoms with Crippen LogP contribution in [0.2, 0.25) is 0 Å². The number of ether oxygens (including phenoxy) is 1. The molecule has 4 nitrogen and oxygen atoms in total. The van der Waals surface area contributed by atoms with Crippen LogP contribution >= 0.6 is 0 Å². The van der Waals surface area contributed by atoms with E-state index in [9.17, 15) is 8.78 Å². The Bertz CT molecular complexity index is 755. The summed E-state index contributed by atoms with van der Waals surface area (Å²) in [4.78, 5) is 6.67. The number of H-pyrrole nitrogens is 1. The topological polar surface area (TPSA) is 63.9 Å². The van der Waals surface area contributed by atoms with Gasteiger partial charge in [-0.15, -0.1) is 0 Å². The van der Waals surface area contributed by atoms with Gasteiger partial charge in [0.1, 0.15) is 11.5 Å². The smallest absolute Gasteiger partial charge is 0.167 e. The van der Waals surface area contributed by atoms with Gasteiger partial charge in [-0.1, -0.05) is 0 Å². The summed E-state index contributed by atoms with van der Waals surface area (Å²) in [5.41, 5.74) is 6.22. The van der Waals surface area contributed by atoms with E-state index < -0.39 is 11.6 Å². The first kappa shape index (κ1) is 11.5. The van der Waals surface area contributed by atoms with Crippen LogP contribution in [0.25, 0.3) is 11.0 Å². The molecule has 0 amide bonds. The van der Waals surface area contributed by atoms with Gasteiger partial charge in [-0.25, -0.2) is 13.8 Å². The SMILES string of the molecule is Nc1ccc(Oc2c[nH]c3ncc(F)cc23)c(F)c1. The van der Waals surface area contributed by atoms with E-state index >= 15 is 0 Å². The number of fused-ring (bicyclic) bond motifs is 1. The van der Waals surface area contributed by atoms with E-state index in [4.69, 9.17) is 10.5 Å². The highest BCUT2D eigenvalue weighted by Gasteiger charge is 2.11. The number of benzene rings is 1. The number of hydrogen-bond acceptors (Lipinski definition) is 3. The van der Waals surface area contributed by atoms with Gasteiger partial charge in [-0.3, -0.25) is 0 Å². The molecule has 0 aliphatic heterocycles. The number of nitrogens with one attached hydrogen (secondary N) is 1. The summed E-state index contributed by atoms with van der Waals surface area (Å²) in [6.07, 6.45) is 2.58. The second kappa shape index (κ2) is 4.24. The molecule has 0 spiro atoms. The summed E-state index contributed by atoms with van der Waals surface area (Å²) in [7, 11) is 0. The van der Waals surface area contributed by atoms with Crippen LogP contribution in [0.4, 0.5) is 14.5 Å². The van der Waals surface area contributed by atoms with Gasteiger partial charge in [0.2, 0.25) is 0 Å². The Labute approximate surface area is 106 Å². The van der Waals surface area contributed by atoms with Crippen molar-refractivity contribution in [3.8, 4) is 11.5 Å². The molecule has 1 aromatic carbocycles.